The fourth-order valence-corrected chi connectivity index (χ4v) is 3.22. The molecule has 0 spiro atoms. The summed E-state index contributed by atoms with van der Waals surface area (Å²) in [5.74, 6) is 0.781. The minimum absolute atomic E-state index is 0.729. The number of hydrogen-bond donors (Lipinski definition) is 0. The molecule has 0 unspecified atom stereocenters. The lowest BCUT2D eigenvalue weighted by Gasteiger charge is -1.94. The number of nitrogens with zero attached hydrogens (tertiary/aromatic N) is 2. The summed E-state index contributed by atoms with van der Waals surface area (Å²) in [6.45, 7) is 0. The van der Waals surface area contributed by atoms with Crippen molar-refractivity contribution in [2.45, 2.75) is 6.42 Å². The van der Waals surface area contributed by atoms with Crippen LogP contribution in [0.5, 0.6) is 0 Å². The summed E-state index contributed by atoms with van der Waals surface area (Å²) >= 11 is 9.07. The van der Waals surface area contributed by atoms with Gasteiger partial charge in [-0.3, -0.25) is 0 Å². The molecule has 5 heteroatoms. The van der Waals surface area contributed by atoms with Gasteiger partial charge in [0, 0.05) is 21.9 Å². The Kier molecular flexibility index (Phi) is 3.41. The molecule has 1 aromatic carbocycles. The molecule has 0 amide bonds. The van der Waals surface area contributed by atoms with Gasteiger partial charge < -0.3 is 0 Å². The number of aromatic nitrogens is 2. The summed E-state index contributed by atoms with van der Waals surface area (Å²) in [5.41, 5.74) is 1.01. The third-order valence-corrected chi connectivity index (χ3v) is 4.32. The first-order chi connectivity index (χ1) is 8.81. The van der Waals surface area contributed by atoms with Crippen LogP contribution >= 0.6 is 34.5 Å². The molecule has 0 aliphatic rings. The van der Waals surface area contributed by atoms with Gasteiger partial charge in [0.15, 0.2) is 5.82 Å². The minimum atomic E-state index is 0.729. The first-order valence-corrected chi connectivity index (χ1v) is 7.45. The second-order valence-electron chi connectivity index (χ2n) is 3.77. The van der Waals surface area contributed by atoms with E-state index in [1.807, 2.05) is 24.3 Å². The van der Waals surface area contributed by atoms with E-state index >= 15 is 0 Å². The topological polar surface area (TPSA) is 25.8 Å². The van der Waals surface area contributed by atoms with E-state index in [2.05, 4.69) is 26.9 Å². The monoisotopic (exact) mass is 292 g/mol. The Hall–Kier alpha value is -1.23. The van der Waals surface area contributed by atoms with Crippen LogP contribution in [0.1, 0.15) is 9.88 Å². The quantitative estimate of drug-likeness (QED) is 0.710. The van der Waals surface area contributed by atoms with Gasteiger partial charge in [-0.05, 0) is 47.2 Å². The first kappa shape index (κ1) is 11.8. The predicted octanol–water partition coefficient (Wildman–Crippen LogP) is 4.51. The molecular weight excluding hydrogens is 284 g/mol. The van der Waals surface area contributed by atoms with Crippen molar-refractivity contribution < 1.29 is 0 Å². The van der Waals surface area contributed by atoms with E-state index in [0.717, 1.165) is 27.8 Å². The molecule has 2 nitrogen and oxygen atoms in total. The zero-order valence-electron chi connectivity index (χ0n) is 9.34. The average molecular weight is 293 g/mol. The summed E-state index contributed by atoms with van der Waals surface area (Å²) in [4.78, 5) is 5.87. The molecule has 2 aromatic heterocycles. The van der Waals surface area contributed by atoms with Gasteiger partial charge in [0.05, 0.1) is 0 Å². The zero-order valence-corrected chi connectivity index (χ0v) is 11.7. The summed E-state index contributed by atoms with van der Waals surface area (Å²) in [7, 11) is 0. The highest BCUT2D eigenvalue weighted by atomic mass is 35.5. The van der Waals surface area contributed by atoms with Gasteiger partial charge in [-0.15, -0.1) is 11.3 Å². The Labute approximate surface area is 118 Å². The number of benzene rings is 1. The van der Waals surface area contributed by atoms with Crippen LogP contribution in [0.2, 0.25) is 5.02 Å². The molecular formula is C13H9ClN2S2. The lowest BCUT2D eigenvalue weighted by molar-refractivity contribution is 1.16. The van der Waals surface area contributed by atoms with E-state index < -0.39 is 0 Å². The lowest BCUT2D eigenvalue weighted by atomic mass is 10.2. The van der Waals surface area contributed by atoms with Crippen molar-refractivity contribution in [3.8, 4) is 11.4 Å². The third kappa shape index (κ3) is 2.61. The van der Waals surface area contributed by atoms with Crippen LogP contribution in [-0.2, 0) is 6.42 Å². The lowest BCUT2D eigenvalue weighted by Crippen LogP contribution is -1.84. The van der Waals surface area contributed by atoms with E-state index in [9.17, 15) is 0 Å². The Morgan fingerprint density at radius 2 is 1.94 bits per heavy atom. The van der Waals surface area contributed by atoms with E-state index in [1.54, 1.807) is 11.3 Å². The van der Waals surface area contributed by atoms with Gasteiger partial charge in [-0.1, -0.05) is 17.7 Å². The standard InChI is InChI=1S/C13H9ClN2S2/c14-10-5-3-9(4-6-10)13-15-12(18-16-13)8-11-2-1-7-17-11/h1-7H,8H2. The second kappa shape index (κ2) is 5.18. The van der Waals surface area contributed by atoms with Crippen LogP contribution in [-0.4, -0.2) is 9.36 Å². The van der Waals surface area contributed by atoms with Crippen LogP contribution in [0.3, 0.4) is 0 Å². The number of halogens is 1. The maximum absolute atomic E-state index is 5.86. The molecule has 18 heavy (non-hydrogen) atoms. The molecule has 0 bridgehead atoms. The van der Waals surface area contributed by atoms with Crippen molar-refractivity contribution in [2.24, 2.45) is 0 Å². The molecule has 2 heterocycles. The van der Waals surface area contributed by atoms with Crippen molar-refractivity contribution in [2.75, 3.05) is 0 Å². The van der Waals surface area contributed by atoms with Gasteiger partial charge in [-0.25, -0.2) is 4.98 Å². The van der Waals surface area contributed by atoms with Crippen LogP contribution < -0.4 is 0 Å². The van der Waals surface area contributed by atoms with E-state index in [4.69, 9.17) is 11.6 Å². The maximum atomic E-state index is 5.86. The molecule has 0 radical (unpaired) electrons. The van der Waals surface area contributed by atoms with Crippen molar-refractivity contribution in [1.29, 1.82) is 0 Å². The maximum Gasteiger partial charge on any atom is 0.173 e. The van der Waals surface area contributed by atoms with Crippen molar-refractivity contribution in [3.63, 3.8) is 0 Å². The molecule has 0 saturated carbocycles. The van der Waals surface area contributed by atoms with Crippen molar-refractivity contribution in [3.05, 3.63) is 56.7 Å². The number of hydrogen-bond acceptors (Lipinski definition) is 4. The molecule has 90 valence electrons. The summed E-state index contributed by atoms with van der Waals surface area (Å²) < 4.78 is 4.39. The van der Waals surface area contributed by atoms with E-state index in [1.165, 1.54) is 16.4 Å². The van der Waals surface area contributed by atoms with Gasteiger partial charge in [0.25, 0.3) is 0 Å². The Morgan fingerprint density at radius 1 is 1.11 bits per heavy atom. The van der Waals surface area contributed by atoms with Crippen LogP contribution in [0.25, 0.3) is 11.4 Å². The highest BCUT2D eigenvalue weighted by Crippen LogP contribution is 2.22. The molecule has 0 saturated heterocycles. The number of rotatable bonds is 3. The van der Waals surface area contributed by atoms with Crippen molar-refractivity contribution in [1.82, 2.24) is 9.36 Å². The van der Waals surface area contributed by atoms with Gasteiger partial charge >= 0.3 is 0 Å². The average Bonchev–Trinajstić information content (AvgIpc) is 3.02. The summed E-state index contributed by atoms with van der Waals surface area (Å²) in [5, 5.41) is 3.85. The fourth-order valence-electron chi connectivity index (χ4n) is 1.61. The fraction of sp³-hybridized carbons (Fsp3) is 0.0769. The van der Waals surface area contributed by atoms with Crippen molar-refractivity contribution >= 4 is 34.5 Å². The molecule has 0 fully saturated rings. The SMILES string of the molecule is Clc1ccc(-c2nsc(Cc3cccs3)n2)cc1. The first-order valence-electron chi connectivity index (χ1n) is 5.42. The summed E-state index contributed by atoms with van der Waals surface area (Å²) in [6, 6.07) is 11.8. The van der Waals surface area contributed by atoms with Crippen LogP contribution in [0, 0.1) is 0 Å². The number of thiophene rings is 1. The molecule has 0 N–H and O–H groups in total. The molecule has 0 aliphatic heterocycles. The zero-order chi connectivity index (χ0) is 12.4. The molecule has 0 aliphatic carbocycles. The van der Waals surface area contributed by atoms with Gasteiger partial charge in [-0.2, -0.15) is 4.37 Å². The Morgan fingerprint density at radius 3 is 2.67 bits per heavy atom. The summed E-state index contributed by atoms with van der Waals surface area (Å²) in [6.07, 6.45) is 0.864. The van der Waals surface area contributed by atoms with Gasteiger partial charge in [0.2, 0.25) is 0 Å². The minimum Gasteiger partial charge on any atom is -0.219 e. The molecule has 3 aromatic rings. The smallest absolute Gasteiger partial charge is 0.173 e. The Balaban J connectivity index is 1.83. The van der Waals surface area contributed by atoms with E-state index in [0.29, 0.717) is 0 Å². The Bertz CT molecular complexity index is 629. The van der Waals surface area contributed by atoms with Crippen LogP contribution in [0.4, 0.5) is 0 Å². The second-order valence-corrected chi connectivity index (χ2v) is 6.08. The molecule has 3 rings (SSSR count). The third-order valence-electron chi connectivity index (χ3n) is 2.48. The predicted molar refractivity (Wildman–Crippen MR) is 77.5 cm³/mol. The molecule has 0 atom stereocenters. The largest absolute Gasteiger partial charge is 0.219 e. The highest BCUT2D eigenvalue weighted by Gasteiger charge is 2.07. The van der Waals surface area contributed by atoms with E-state index in [-0.39, 0.29) is 0 Å². The van der Waals surface area contributed by atoms with Gasteiger partial charge in [0.1, 0.15) is 5.01 Å². The normalized spacial score (nSPS) is 10.7. The highest BCUT2D eigenvalue weighted by molar-refractivity contribution is 7.10. The van der Waals surface area contributed by atoms with Crippen LogP contribution in [0.15, 0.2) is 41.8 Å².